The summed E-state index contributed by atoms with van der Waals surface area (Å²) in [6, 6.07) is 2.22. The molecule has 0 radical (unpaired) electrons. The van der Waals surface area contributed by atoms with E-state index in [1.165, 1.54) is 64.7 Å². The minimum absolute atomic E-state index is 0.652. The molecule has 118 valence electrons. The molecule has 1 N–H and O–H groups in total. The van der Waals surface area contributed by atoms with Crippen molar-refractivity contribution in [1.82, 2.24) is 15.1 Å². The third-order valence-corrected chi connectivity index (χ3v) is 5.16. The summed E-state index contributed by atoms with van der Waals surface area (Å²) in [5.41, 5.74) is 0. The lowest BCUT2D eigenvalue weighted by molar-refractivity contribution is 0.150. The number of hydrogen-bond donors (Lipinski definition) is 1. The average Bonchev–Trinajstić information content (AvgIpc) is 2.96. The maximum absolute atomic E-state index is 3.62. The van der Waals surface area contributed by atoms with Gasteiger partial charge in [0.05, 0.1) is 0 Å². The fraction of sp³-hybridized carbons (Fsp3) is 1.00. The Kier molecular flexibility index (Phi) is 6.79. The molecule has 3 unspecified atom stereocenters. The number of nitrogens with zero attached hydrogens (tertiary/aromatic N) is 2. The quantitative estimate of drug-likeness (QED) is 0.774. The molecule has 0 aromatic heterocycles. The van der Waals surface area contributed by atoms with Crippen LogP contribution < -0.4 is 5.32 Å². The zero-order valence-electron chi connectivity index (χ0n) is 13.9. The van der Waals surface area contributed by atoms with Crippen LogP contribution in [0.5, 0.6) is 0 Å². The Morgan fingerprint density at radius 1 is 1.10 bits per heavy atom. The third-order valence-electron chi connectivity index (χ3n) is 5.16. The summed E-state index contributed by atoms with van der Waals surface area (Å²) in [5, 5.41) is 3.62. The molecule has 0 aromatic carbocycles. The van der Waals surface area contributed by atoms with Crippen molar-refractivity contribution in [3.63, 3.8) is 0 Å². The molecule has 3 atom stereocenters. The molecular weight excluding hydrogens is 246 g/mol. The number of hydrogen-bond acceptors (Lipinski definition) is 3. The van der Waals surface area contributed by atoms with Gasteiger partial charge in [-0.05, 0) is 65.6 Å². The fourth-order valence-electron chi connectivity index (χ4n) is 3.88. The van der Waals surface area contributed by atoms with Crippen LogP contribution in [0, 0.1) is 0 Å². The van der Waals surface area contributed by atoms with Gasteiger partial charge in [0.15, 0.2) is 0 Å². The van der Waals surface area contributed by atoms with E-state index in [-0.39, 0.29) is 0 Å². The van der Waals surface area contributed by atoms with Crippen LogP contribution in [0.3, 0.4) is 0 Å². The van der Waals surface area contributed by atoms with Crippen LogP contribution in [0.2, 0.25) is 0 Å². The Labute approximate surface area is 126 Å². The minimum Gasteiger partial charge on any atom is -0.314 e. The number of rotatable bonds is 7. The van der Waals surface area contributed by atoms with Crippen LogP contribution >= 0.6 is 0 Å². The molecule has 0 aromatic rings. The van der Waals surface area contributed by atoms with Crippen molar-refractivity contribution < 1.29 is 0 Å². The van der Waals surface area contributed by atoms with Gasteiger partial charge in [-0.15, -0.1) is 0 Å². The van der Waals surface area contributed by atoms with E-state index in [2.05, 4.69) is 35.9 Å². The van der Waals surface area contributed by atoms with E-state index in [1.54, 1.807) is 0 Å². The maximum atomic E-state index is 3.62. The van der Waals surface area contributed by atoms with E-state index in [4.69, 9.17) is 0 Å². The monoisotopic (exact) mass is 281 g/mol. The van der Waals surface area contributed by atoms with Gasteiger partial charge in [-0.3, -0.25) is 9.80 Å². The number of piperidine rings is 1. The van der Waals surface area contributed by atoms with Crippen LogP contribution in [0.1, 0.15) is 59.3 Å². The van der Waals surface area contributed by atoms with Crippen LogP contribution in [0.4, 0.5) is 0 Å². The number of nitrogens with one attached hydrogen (secondary N) is 1. The molecular formula is C17H35N3. The molecule has 0 spiro atoms. The van der Waals surface area contributed by atoms with Crippen LogP contribution in [0.15, 0.2) is 0 Å². The summed E-state index contributed by atoms with van der Waals surface area (Å²) in [6.07, 6.45) is 8.20. The third kappa shape index (κ3) is 4.71. The zero-order valence-corrected chi connectivity index (χ0v) is 13.9. The number of likely N-dealkylation sites (tertiary alicyclic amines) is 2. The van der Waals surface area contributed by atoms with E-state index in [0.717, 1.165) is 18.6 Å². The summed E-state index contributed by atoms with van der Waals surface area (Å²) < 4.78 is 0. The van der Waals surface area contributed by atoms with Crippen molar-refractivity contribution in [1.29, 1.82) is 0 Å². The van der Waals surface area contributed by atoms with Gasteiger partial charge in [0.1, 0.15) is 0 Å². The van der Waals surface area contributed by atoms with Crippen LogP contribution in [-0.4, -0.2) is 60.6 Å². The summed E-state index contributed by atoms with van der Waals surface area (Å²) in [6.45, 7) is 13.5. The van der Waals surface area contributed by atoms with E-state index < -0.39 is 0 Å². The lowest BCUT2D eigenvalue weighted by atomic mass is 10.1. The summed E-state index contributed by atoms with van der Waals surface area (Å²) >= 11 is 0. The Morgan fingerprint density at radius 2 is 1.85 bits per heavy atom. The first-order valence-electron chi connectivity index (χ1n) is 8.92. The van der Waals surface area contributed by atoms with Crippen molar-refractivity contribution in [3.05, 3.63) is 0 Å². The van der Waals surface area contributed by atoms with Crippen molar-refractivity contribution >= 4 is 0 Å². The summed E-state index contributed by atoms with van der Waals surface area (Å²) in [5.74, 6) is 0. The zero-order chi connectivity index (χ0) is 14.4. The van der Waals surface area contributed by atoms with E-state index in [1.807, 2.05) is 0 Å². The largest absolute Gasteiger partial charge is 0.314 e. The summed E-state index contributed by atoms with van der Waals surface area (Å²) in [7, 11) is 0. The van der Waals surface area contributed by atoms with Gasteiger partial charge in [-0.2, -0.15) is 0 Å². The first kappa shape index (κ1) is 16.3. The molecule has 2 aliphatic heterocycles. The fourth-order valence-corrected chi connectivity index (χ4v) is 3.88. The second-order valence-corrected chi connectivity index (χ2v) is 6.97. The van der Waals surface area contributed by atoms with Crippen LogP contribution in [0.25, 0.3) is 0 Å². The molecule has 2 saturated heterocycles. The first-order chi connectivity index (χ1) is 9.70. The molecule has 0 aliphatic carbocycles. The highest BCUT2D eigenvalue weighted by atomic mass is 15.3. The Hall–Kier alpha value is -0.120. The lowest BCUT2D eigenvalue weighted by Crippen LogP contribution is -2.43. The molecule has 3 nitrogen and oxygen atoms in total. The van der Waals surface area contributed by atoms with Crippen molar-refractivity contribution in [3.8, 4) is 0 Å². The summed E-state index contributed by atoms with van der Waals surface area (Å²) in [4.78, 5) is 5.48. The van der Waals surface area contributed by atoms with Gasteiger partial charge in [-0.1, -0.05) is 13.3 Å². The second kappa shape index (κ2) is 8.35. The smallest absolute Gasteiger partial charge is 0.0235 e. The SMILES string of the molecule is CCCNC(C)CC(C)N1CCC(N2CCCCC2)C1. The maximum Gasteiger partial charge on any atom is 0.0235 e. The standard InChI is InChI=1S/C17H35N3/c1-4-9-18-15(2)13-16(3)20-12-8-17(14-20)19-10-6-5-7-11-19/h15-18H,4-14H2,1-3H3. The predicted octanol–water partition coefficient (Wildman–Crippen LogP) is 2.71. The molecule has 0 bridgehead atoms. The highest BCUT2D eigenvalue weighted by Gasteiger charge is 2.30. The molecule has 0 amide bonds. The van der Waals surface area contributed by atoms with Gasteiger partial charge in [0.2, 0.25) is 0 Å². The van der Waals surface area contributed by atoms with E-state index in [0.29, 0.717) is 6.04 Å². The highest BCUT2D eigenvalue weighted by molar-refractivity contribution is 4.87. The molecule has 2 heterocycles. The Bertz CT molecular complexity index is 263. The van der Waals surface area contributed by atoms with E-state index >= 15 is 0 Å². The van der Waals surface area contributed by atoms with Gasteiger partial charge in [0.25, 0.3) is 0 Å². The molecule has 20 heavy (non-hydrogen) atoms. The van der Waals surface area contributed by atoms with Gasteiger partial charge < -0.3 is 5.32 Å². The first-order valence-corrected chi connectivity index (χ1v) is 8.92. The second-order valence-electron chi connectivity index (χ2n) is 6.97. The van der Waals surface area contributed by atoms with Crippen LogP contribution in [-0.2, 0) is 0 Å². The molecule has 2 rings (SSSR count). The lowest BCUT2D eigenvalue weighted by Gasteiger charge is -2.33. The normalized spacial score (nSPS) is 28.6. The molecule has 2 fully saturated rings. The minimum atomic E-state index is 0.652. The topological polar surface area (TPSA) is 18.5 Å². The highest BCUT2D eigenvalue weighted by Crippen LogP contribution is 2.22. The van der Waals surface area contributed by atoms with E-state index in [9.17, 15) is 0 Å². The Morgan fingerprint density at radius 3 is 2.55 bits per heavy atom. The van der Waals surface area contributed by atoms with Gasteiger partial charge in [0, 0.05) is 31.2 Å². The van der Waals surface area contributed by atoms with Gasteiger partial charge >= 0.3 is 0 Å². The van der Waals surface area contributed by atoms with Crippen molar-refractivity contribution in [2.24, 2.45) is 0 Å². The molecule has 2 aliphatic rings. The Balaban J connectivity index is 1.71. The van der Waals surface area contributed by atoms with Crippen molar-refractivity contribution in [2.75, 3.05) is 32.7 Å². The predicted molar refractivity (Wildman–Crippen MR) is 87.2 cm³/mol. The molecule has 3 heteroatoms. The molecule has 0 saturated carbocycles. The van der Waals surface area contributed by atoms with Crippen molar-refractivity contribution in [2.45, 2.75) is 77.4 Å². The van der Waals surface area contributed by atoms with Gasteiger partial charge in [-0.25, -0.2) is 0 Å². The average molecular weight is 281 g/mol.